The topological polar surface area (TPSA) is 30.5 Å². The van der Waals surface area contributed by atoms with Gasteiger partial charge in [0.15, 0.2) is 0 Å². The lowest BCUT2D eigenvalue weighted by Gasteiger charge is -2.23. The average Bonchev–Trinajstić information content (AvgIpc) is 2.72. The zero-order chi connectivity index (χ0) is 9.64. The van der Waals surface area contributed by atoms with Crippen molar-refractivity contribution in [3.63, 3.8) is 0 Å². The highest BCUT2D eigenvalue weighted by molar-refractivity contribution is 4.71. The smallest absolute Gasteiger partial charge is 0.0933 e. The minimum absolute atomic E-state index is 0.283. The molecule has 0 spiro atoms. The Balaban J connectivity index is 1.52. The first-order valence-corrected chi connectivity index (χ1v) is 5.85. The van der Waals surface area contributed by atoms with Crippen molar-refractivity contribution in [3.05, 3.63) is 0 Å². The zero-order valence-electron chi connectivity index (χ0n) is 8.84. The van der Waals surface area contributed by atoms with E-state index in [-0.39, 0.29) is 6.10 Å². The van der Waals surface area contributed by atoms with Crippen LogP contribution < -0.4 is 5.32 Å². The van der Waals surface area contributed by atoms with E-state index in [1.807, 2.05) is 0 Å². The second-order valence-corrected chi connectivity index (χ2v) is 4.38. The second-order valence-electron chi connectivity index (χ2n) is 4.38. The highest BCUT2D eigenvalue weighted by Crippen LogP contribution is 2.23. The van der Waals surface area contributed by atoms with Gasteiger partial charge in [-0.1, -0.05) is 12.8 Å². The monoisotopic (exact) mass is 199 g/mol. The number of ether oxygens (including phenoxy) is 2. The predicted molar refractivity (Wildman–Crippen MR) is 55.4 cm³/mol. The van der Waals surface area contributed by atoms with Crippen molar-refractivity contribution in [2.75, 3.05) is 32.9 Å². The Bertz CT molecular complexity index is 151. The zero-order valence-corrected chi connectivity index (χ0v) is 8.84. The minimum atomic E-state index is 0.283. The Labute approximate surface area is 86.2 Å². The van der Waals surface area contributed by atoms with Crippen LogP contribution in [0.1, 0.15) is 25.7 Å². The lowest BCUT2D eigenvalue weighted by molar-refractivity contribution is -0.0864. The maximum absolute atomic E-state index is 5.56. The van der Waals surface area contributed by atoms with Crippen LogP contribution in [0, 0.1) is 5.92 Å². The van der Waals surface area contributed by atoms with Gasteiger partial charge in [-0.15, -0.1) is 0 Å². The summed E-state index contributed by atoms with van der Waals surface area (Å²) in [6.45, 7) is 4.41. The third kappa shape index (κ3) is 3.23. The molecule has 3 heteroatoms. The molecule has 1 aliphatic heterocycles. The van der Waals surface area contributed by atoms with Crippen molar-refractivity contribution in [1.29, 1.82) is 0 Å². The molecular formula is C11H21NO2. The Hall–Kier alpha value is -0.120. The van der Waals surface area contributed by atoms with Gasteiger partial charge in [0.25, 0.3) is 0 Å². The van der Waals surface area contributed by atoms with Crippen LogP contribution in [0.4, 0.5) is 0 Å². The minimum Gasteiger partial charge on any atom is -0.376 e. The summed E-state index contributed by atoms with van der Waals surface area (Å²) in [6.07, 6.45) is 5.96. The van der Waals surface area contributed by atoms with E-state index in [1.165, 1.54) is 32.2 Å². The van der Waals surface area contributed by atoms with Crippen LogP contribution in [0.3, 0.4) is 0 Å². The summed E-state index contributed by atoms with van der Waals surface area (Å²) in [5.74, 6) is 0.916. The predicted octanol–water partition coefficient (Wildman–Crippen LogP) is 1.18. The maximum atomic E-state index is 5.56. The highest BCUT2D eigenvalue weighted by Gasteiger charge is 2.17. The third-order valence-corrected chi connectivity index (χ3v) is 3.16. The first-order chi connectivity index (χ1) is 6.95. The Morgan fingerprint density at radius 2 is 1.93 bits per heavy atom. The van der Waals surface area contributed by atoms with Gasteiger partial charge in [0.1, 0.15) is 0 Å². The fraction of sp³-hybridized carbons (Fsp3) is 1.00. The van der Waals surface area contributed by atoms with E-state index in [2.05, 4.69) is 5.32 Å². The van der Waals surface area contributed by atoms with Crippen molar-refractivity contribution in [2.45, 2.75) is 31.8 Å². The molecule has 1 N–H and O–H groups in total. The SMILES string of the molecule is C1CCC(CNCC2COCCO2)C1. The van der Waals surface area contributed by atoms with Gasteiger partial charge >= 0.3 is 0 Å². The molecule has 82 valence electrons. The number of nitrogens with one attached hydrogen (secondary N) is 1. The molecule has 2 rings (SSSR count). The van der Waals surface area contributed by atoms with Crippen molar-refractivity contribution >= 4 is 0 Å². The summed E-state index contributed by atoms with van der Waals surface area (Å²) in [7, 11) is 0. The van der Waals surface area contributed by atoms with Gasteiger partial charge < -0.3 is 14.8 Å². The molecule has 1 saturated heterocycles. The van der Waals surface area contributed by atoms with E-state index in [4.69, 9.17) is 9.47 Å². The van der Waals surface area contributed by atoms with Crippen LogP contribution in [-0.2, 0) is 9.47 Å². The normalized spacial score (nSPS) is 29.6. The lowest BCUT2D eigenvalue weighted by atomic mass is 10.1. The van der Waals surface area contributed by atoms with Gasteiger partial charge in [0.2, 0.25) is 0 Å². The van der Waals surface area contributed by atoms with Crippen LogP contribution in [0.25, 0.3) is 0 Å². The Morgan fingerprint density at radius 1 is 1.07 bits per heavy atom. The summed E-state index contributed by atoms with van der Waals surface area (Å²) in [4.78, 5) is 0. The van der Waals surface area contributed by atoms with E-state index in [0.29, 0.717) is 0 Å². The molecule has 1 heterocycles. The van der Waals surface area contributed by atoms with Crippen molar-refractivity contribution < 1.29 is 9.47 Å². The van der Waals surface area contributed by atoms with E-state index in [1.54, 1.807) is 0 Å². The van der Waals surface area contributed by atoms with E-state index >= 15 is 0 Å². The first-order valence-electron chi connectivity index (χ1n) is 5.85. The van der Waals surface area contributed by atoms with Crippen molar-refractivity contribution in [1.82, 2.24) is 5.32 Å². The molecule has 1 aliphatic carbocycles. The lowest BCUT2D eigenvalue weighted by Crippen LogP contribution is -2.38. The average molecular weight is 199 g/mol. The fourth-order valence-electron chi connectivity index (χ4n) is 2.32. The summed E-state index contributed by atoms with van der Waals surface area (Å²) in [5, 5.41) is 3.49. The summed E-state index contributed by atoms with van der Waals surface area (Å²) in [5.41, 5.74) is 0. The van der Waals surface area contributed by atoms with E-state index in [9.17, 15) is 0 Å². The molecule has 0 aromatic carbocycles. The molecule has 2 aliphatic rings. The quantitative estimate of drug-likeness (QED) is 0.737. The van der Waals surface area contributed by atoms with Crippen molar-refractivity contribution in [2.24, 2.45) is 5.92 Å². The molecule has 0 amide bonds. The van der Waals surface area contributed by atoms with Crippen LogP contribution in [0.2, 0.25) is 0 Å². The number of rotatable bonds is 4. The van der Waals surface area contributed by atoms with Gasteiger partial charge in [-0.25, -0.2) is 0 Å². The molecule has 0 radical (unpaired) electrons. The molecule has 0 aromatic heterocycles. The van der Waals surface area contributed by atoms with Gasteiger partial charge in [-0.05, 0) is 25.3 Å². The van der Waals surface area contributed by atoms with E-state index in [0.717, 1.165) is 32.3 Å². The van der Waals surface area contributed by atoms with Crippen LogP contribution in [0.5, 0.6) is 0 Å². The third-order valence-electron chi connectivity index (χ3n) is 3.16. The van der Waals surface area contributed by atoms with Gasteiger partial charge in [0, 0.05) is 6.54 Å². The summed E-state index contributed by atoms with van der Waals surface area (Å²) >= 11 is 0. The van der Waals surface area contributed by atoms with Gasteiger partial charge in [-0.2, -0.15) is 0 Å². The molecule has 0 aromatic rings. The van der Waals surface area contributed by atoms with Crippen LogP contribution in [0.15, 0.2) is 0 Å². The Kier molecular flexibility index (Phi) is 4.22. The molecule has 2 fully saturated rings. The first kappa shape index (κ1) is 10.4. The van der Waals surface area contributed by atoms with Crippen LogP contribution in [-0.4, -0.2) is 39.0 Å². The largest absolute Gasteiger partial charge is 0.376 e. The summed E-state index contributed by atoms with van der Waals surface area (Å²) in [6, 6.07) is 0. The molecule has 0 bridgehead atoms. The summed E-state index contributed by atoms with van der Waals surface area (Å²) < 4.78 is 10.9. The molecule has 14 heavy (non-hydrogen) atoms. The number of hydrogen-bond donors (Lipinski definition) is 1. The molecule has 1 atom stereocenters. The van der Waals surface area contributed by atoms with Gasteiger partial charge in [0.05, 0.1) is 25.9 Å². The van der Waals surface area contributed by atoms with Crippen LogP contribution >= 0.6 is 0 Å². The fourth-order valence-corrected chi connectivity index (χ4v) is 2.32. The number of hydrogen-bond acceptors (Lipinski definition) is 3. The molecule has 1 saturated carbocycles. The molecule has 1 unspecified atom stereocenters. The maximum Gasteiger partial charge on any atom is 0.0933 e. The second kappa shape index (κ2) is 5.69. The molecular weight excluding hydrogens is 178 g/mol. The molecule has 3 nitrogen and oxygen atoms in total. The Morgan fingerprint density at radius 3 is 2.64 bits per heavy atom. The van der Waals surface area contributed by atoms with Crippen molar-refractivity contribution in [3.8, 4) is 0 Å². The standard InChI is InChI=1S/C11H21NO2/c1-2-4-10(3-1)7-12-8-11-9-13-5-6-14-11/h10-12H,1-9H2. The van der Waals surface area contributed by atoms with Gasteiger partial charge in [-0.3, -0.25) is 0 Å². The highest BCUT2D eigenvalue weighted by atomic mass is 16.6. The van der Waals surface area contributed by atoms with E-state index < -0.39 is 0 Å².